The molecule has 1 aromatic heterocycles. The normalized spacial score (nSPS) is 11.3. The maximum absolute atomic E-state index is 12.5. The fraction of sp³-hybridized carbons (Fsp3) is 0.0556. The number of anilines is 1. The number of fused-ring (bicyclic) bond motifs is 1. The Balaban J connectivity index is 1.89. The van der Waals surface area contributed by atoms with Gasteiger partial charge in [-0.2, -0.15) is 8.78 Å². The molecule has 28 heavy (non-hydrogen) atoms. The van der Waals surface area contributed by atoms with Gasteiger partial charge in [0, 0.05) is 16.1 Å². The monoisotopic (exact) mass is 451 g/mol. The van der Waals surface area contributed by atoms with Gasteiger partial charge in [-0.15, -0.1) is 0 Å². The van der Waals surface area contributed by atoms with E-state index in [0.29, 0.717) is 4.47 Å². The van der Waals surface area contributed by atoms with E-state index < -0.39 is 23.6 Å². The van der Waals surface area contributed by atoms with Gasteiger partial charge in [0.25, 0.3) is 11.1 Å². The van der Waals surface area contributed by atoms with Gasteiger partial charge in [-0.25, -0.2) is 0 Å². The first-order valence-electron chi connectivity index (χ1n) is 7.82. The van der Waals surface area contributed by atoms with E-state index in [1.807, 2.05) is 0 Å². The molecular formula is C18H12BrF2N3O4. The number of hydrogen-bond acceptors (Lipinski definition) is 4. The Labute approximate surface area is 164 Å². The van der Waals surface area contributed by atoms with Crippen LogP contribution in [0.15, 0.2) is 56.5 Å². The van der Waals surface area contributed by atoms with Gasteiger partial charge < -0.3 is 10.1 Å². The van der Waals surface area contributed by atoms with E-state index in [2.05, 4.69) is 36.2 Å². The molecule has 0 aliphatic heterocycles. The quantitative estimate of drug-likeness (QED) is 0.518. The van der Waals surface area contributed by atoms with E-state index in [9.17, 15) is 23.2 Å². The number of halogens is 3. The molecule has 10 heteroatoms. The molecule has 2 aromatic carbocycles. The molecule has 0 fully saturated rings. The van der Waals surface area contributed by atoms with Crippen molar-refractivity contribution in [3.05, 3.63) is 73.2 Å². The topological polar surface area (TPSA) is 104 Å². The van der Waals surface area contributed by atoms with Crippen LogP contribution in [0.4, 0.5) is 14.5 Å². The Morgan fingerprint density at radius 2 is 1.89 bits per heavy atom. The van der Waals surface area contributed by atoms with Crippen molar-refractivity contribution < 1.29 is 18.3 Å². The summed E-state index contributed by atoms with van der Waals surface area (Å²) in [6.07, 6.45) is 2.39. The molecule has 0 atom stereocenters. The van der Waals surface area contributed by atoms with Crippen molar-refractivity contribution >= 4 is 44.4 Å². The first-order chi connectivity index (χ1) is 13.3. The zero-order chi connectivity index (χ0) is 20.3. The van der Waals surface area contributed by atoms with Crippen molar-refractivity contribution in [3.63, 3.8) is 0 Å². The fourth-order valence-electron chi connectivity index (χ4n) is 2.53. The van der Waals surface area contributed by atoms with Crippen LogP contribution in [0, 0.1) is 0 Å². The summed E-state index contributed by atoms with van der Waals surface area (Å²) in [5.41, 5.74) is -0.701. The van der Waals surface area contributed by atoms with Crippen molar-refractivity contribution in [2.24, 2.45) is 0 Å². The van der Waals surface area contributed by atoms with Crippen LogP contribution >= 0.6 is 15.9 Å². The summed E-state index contributed by atoms with van der Waals surface area (Å²) in [7, 11) is 0. The van der Waals surface area contributed by atoms with Gasteiger partial charge in [0.2, 0.25) is 5.91 Å². The predicted molar refractivity (Wildman–Crippen MR) is 104 cm³/mol. The number of carbonyl (C=O) groups is 1. The van der Waals surface area contributed by atoms with Crippen molar-refractivity contribution in [1.29, 1.82) is 0 Å². The van der Waals surface area contributed by atoms with E-state index in [0.717, 1.165) is 6.08 Å². The average Bonchev–Trinajstić information content (AvgIpc) is 2.64. The molecule has 0 saturated heterocycles. The maximum Gasteiger partial charge on any atom is 0.387 e. The molecule has 0 bridgehead atoms. The van der Waals surface area contributed by atoms with Crippen LogP contribution in [0.5, 0.6) is 5.75 Å². The Morgan fingerprint density at radius 1 is 1.14 bits per heavy atom. The van der Waals surface area contributed by atoms with Crippen LogP contribution in [-0.2, 0) is 4.79 Å². The highest BCUT2D eigenvalue weighted by Gasteiger charge is 2.11. The minimum absolute atomic E-state index is 0.0252. The molecule has 0 aliphatic rings. The molecule has 3 aromatic rings. The summed E-state index contributed by atoms with van der Waals surface area (Å²) >= 11 is 3.22. The molecule has 0 aliphatic carbocycles. The molecule has 3 rings (SSSR count). The second-order valence-electron chi connectivity index (χ2n) is 5.52. The van der Waals surface area contributed by atoms with Crippen molar-refractivity contribution in [3.8, 4) is 5.75 Å². The first kappa shape index (κ1) is 19.5. The van der Waals surface area contributed by atoms with Crippen LogP contribution in [0.1, 0.15) is 5.56 Å². The third kappa shape index (κ3) is 4.34. The SMILES string of the molecule is O=C(C=Cc1cc(Br)ccc1OC(F)F)Nc1cccc2c(=O)[nH][nH]c(=O)c12. The molecule has 1 amide bonds. The van der Waals surface area contributed by atoms with Crippen molar-refractivity contribution in [2.45, 2.75) is 6.61 Å². The lowest BCUT2D eigenvalue weighted by Gasteiger charge is -2.08. The number of ether oxygens (including phenoxy) is 1. The first-order valence-corrected chi connectivity index (χ1v) is 8.61. The van der Waals surface area contributed by atoms with Gasteiger partial charge in [0.1, 0.15) is 5.75 Å². The standard InChI is InChI=1S/C18H12BrF2N3O4/c19-10-5-6-13(28-18(20)21)9(8-10)4-7-14(25)22-12-3-1-2-11-15(12)17(27)24-23-16(11)26/h1-8,18H,(H,22,25)(H,23,26)(H,24,27). The number of alkyl halides is 2. The number of nitrogens with one attached hydrogen (secondary N) is 3. The Bertz CT molecular complexity index is 1190. The summed E-state index contributed by atoms with van der Waals surface area (Å²) in [4.78, 5) is 36.1. The van der Waals surface area contributed by atoms with Gasteiger partial charge in [0.15, 0.2) is 0 Å². The van der Waals surface area contributed by atoms with E-state index in [1.165, 1.54) is 42.5 Å². The fourth-order valence-corrected chi connectivity index (χ4v) is 2.91. The molecule has 144 valence electrons. The molecule has 7 nitrogen and oxygen atoms in total. The van der Waals surface area contributed by atoms with Gasteiger partial charge in [0.05, 0.1) is 16.5 Å². The number of benzene rings is 2. The minimum Gasteiger partial charge on any atom is -0.434 e. The van der Waals surface area contributed by atoms with Crippen LogP contribution in [0.2, 0.25) is 0 Å². The van der Waals surface area contributed by atoms with Gasteiger partial charge in [-0.1, -0.05) is 22.0 Å². The van der Waals surface area contributed by atoms with Crippen molar-refractivity contribution in [2.75, 3.05) is 5.32 Å². The second-order valence-corrected chi connectivity index (χ2v) is 6.44. The number of hydrogen-bond donors (Lipinski definition) is 3. The molecule has 3 N–H and O–H groups in total. The van der Waals surface area contributed by atoms with Gasteiger partial charge >= 0.3 is 6.61 Å². The number of amides is 1. The summed E-state index contributed by atoms with van der Waals surface area (Å²) in [6, 6.07) is 8.79. The van der Waals surface area contributed by atoms with Gasteiger partial charge in [-0.05, 0) is 36.4 Å². The van der Waals surface area contributed by atoms with E-state index in [-0.39, 0.29) is 27.8 Å². The number of rotatable bonds is 5. The van der Waals surface area contributed by atoms with E-state index in [4.69, 9.17) is 0 Å². The second kappa shape index (κ2) is 8.17. The molecule has 0 unspecified atom stereocenters. The lowest BCUT2D eigenvalue weighted by Crippen LogP contribution is -2.21. The smallest absolute Gasteiger partial charge is 0.387 e. The zero-order valence-electron chi connectivity index (χ0n) is 14.0. The predicted octanol–water partition coefficient (Wildman–Crippen LogP) is 3.23. The number of aromatic nitrogens is 2. The third-order valence-corrected chi connectivity index (χ3v) is 4.18. The van der Waals surface area contributed by atoms with E-state index in [1.54, 1.807) is 0 Å². The van der Waals surface area contributed by atoms with Crippen molar-refractivity contribution in [1.82, 2.24) is 10.2 Å². The Morgan fingerprint density at radius 3 is 2.64 bits per heavy atom. The zero-order valence-corrected chi connectivity index (χ0v) is 15.5. The maximum atomic E-state index is 12.5. The molecule has 0 spiro atoms. The molecule has 1 heterocycles. The lowest BCUT2D eigenvalue weighted by molar-refractivity contribution is -0.111. The van der Waals surface area contributed by atoms with Crippen LogP contribution < -0.4 is 21.2 Å². The molecule has 0 saturated carbocycles. The number of carbonyl (C=O) groups excluding carboxylic acids is 1. The summed E-state index contributed by atoms with van der Waals surface area (Å²) in [5.74, 6) is -0.731. The summed E-state index contributed by atoms with van der Waals surface area (Å²) in [6.45, 7) is -3.01. The highest BCUT2D eigenvalue weighted by Crippen LogP contribution is 2.26. The number of H-pyrrole nitrogens is 2. The van der Waals surface area contributed by atoms with Crippen LogP contribution in [0.25, 0.3) is 16.8 Å². The minimum atomic E-state index is -3.01. The third-order valence-electron chi connectivity index (χ3n) is 3.69. The summed E-state index contributed by atoms with van der Waals surface area (Å²) < 4.78 is 30.0. The Hall–Kier alpha value is -3.27. The largest absolute Gasteiger partial charge is 0.434 e. The van der Waals surface area contributed by atoms with E-state index >= 15 is 0 Å². The highest BCUT2D eigenvalue weighted by atomic mass is 79.9. The Kier molecular flexibility index (Phi) is 5.69. The highest BCUT2D eigenvalue weighted by molar-refractivity contribution is 9.10. The van der Waals surface area contributed by atoms with Crippen LogP contribution in [0.3, 0.4) is 0 Å². The lowest BCUT2D eigenvalue weighted by atomic mass is 10.1. The average molecular weight is 452 g/mol. The van der Waals surface area contributed by atoms with Crippen LogP contribution in [-0.4, -0.2) is 22.7 Å². The molecule has 0 radical (unpaired) electrons. The molecular weight excluding hydrogens is 440 g/mol. The number of aromatic amines is 2. The summed E-state index contributed by atoms with van der Waals surface area (Å²) in [5, 5.41) is 7.03. The van der Waals surface area contributed by atoms with Gasteiger partial charge in [-0.3, -0.25) is 24.6 Å².